The van der Waals surface area contributed by atoms with Gasteiger partial charge in [0.25, 0.3) is 0 Å². The molecule has 170 valence electrons. The number of halogens is 4. The standard InChI is InChI=1S/C17H18F4N4O5S/c1-16(26)8-29-5-4-13(16)30-14-10(17(19,20)21)7-23-15(25-14)24-12-3-2-9(6-11(12)18)31(22,27)28/h2-3,6-7,13,26H,4-5,8H2,1H3,(H2,22,27,28)(H,23,24,25)/t13-,16+/m1/s1. The quantitative estimate of drug-likeness (QED) is 0.569. The summed E-state index contributed by atoms with van der Waals surface area (Å²) in [6, 6.07) is 2.65. The van der Waals surface area contributed by atoms with Gasteiger partial charge in [-0.25, -0.2) is 22.9 Å². The largest absolute Gasteiger partial charge is 0.471 e. The van der Waals surface area contributed by atoms with Crippen molar-refractivity contribution in [3.8, 4) is 5.88 Å². The van der Waals surface area contributed by atoms with Crippen LogP contribution in [-0.2, 0) is 20.9 Å². The van der Waals surface area contributed by atoms with Gasteiger partial charge >= 0.3 is 6.18 Å². The molecule has 0 unspecified atom stereocenters. The van der Waals surface area contributed by atoms with Crippen LogP contribution in [0.25, 0.3) is 0 Å². The summed E-state index contributed by atoms with van der Waals surface area (Å²) in [4.78, 5) is 6.71. The van der Waals surface area contributed by atoms with E-state index in [2.05, 4.69) is 15.3 Å². The third kappa shape index (κ3) is 5.39. The number of alkyl halides is 3. The topological polar surface area (TPSA) is 137 Å². The number of anilines is 2. The normalized spacial score (nSPS) is 22.2. The van der Waals surface area contributed by atoms with Gasteiger partial charge in [-0.05, 0) is 25.1 Å². The van der Waals surface area contributed by atoms with E-state index in [9.17, 15) is 31.1 Å². The van der Waals surface area contributed by atoms with E-state index in [4.69, 9.17) is 14.6 Å². The maximum Gasteiger partial charge on any atom is 0.423 e. The summed E-state index contributed by atoms with van der Waals surface area (Å²) >= 11 is 0. The second kappa shape index (κ2) is 8.18. The fraction of sp³-hybridized carbons (Fsp3) is 0.412. The fourth-order valence-corrected chi connectivity index (χ4v) is 3.32. The van der Waals surface area contributed by atoms with Crippen LogP contribution in [0.1, 0.15) is 18.9 Å². The number of sulfonamides is 1. The molecular formula is C17H18F4N4O5S. The van der Waals surface area contributed by atoms with Crippen LogP contribution in [0.5, 0.6) is 5.88 Å². The molecular weight excluding hydrogens is 448 g/mol. The second-order valence-corrected chi connectivity index (χ2v) is 8.59. The SMILES string of the molecule is C[C@]1(O)COCC[C@H]1Oc1nc(Nc2ccc(S(N)(=O)=O)cc2F)ncc1C(F)(F)F. The summed E-state index contributed by atoms with van der Waals surface area (Å²) in [5.74, 6) is -2.36. The Morgan fingerprint density at radius 3 is 2.68 bits per heavy atom. The number of benzene rings is 1. The van der Waals surface area contributed by atoms with Crippen molar-refractivity contribution in [2.75, 3.05) is 18.5 Å². The predicted molar refractivity (Wildman–Crippen MR) is 98.6 cm³/mol. The van der Waals surface area contributed by atoms with E-state index in [0.29, 0.717) is 12.3 Å². The Hall–Kier alpha value is -2.55. The van der Waals surface area contributed by atoms with E-state index < -0.39 is 56.0 Å². The lowest BCUT2D eigenvalue weighted by molar-refractivity contribution is -0.152. The van der Waals surface area contributed by atoms with E-state index in [1.165, 1.54) is 6.92 Å². The van der Waals surface area contributed by atoms with Gasteiger partial charge < -0.3 is 19.9 Å². The molecule has 14 heteroatoms. The first-order valence-corrected chi connectivity index (χ1v) is 10.3. The molecule has 31 heavy (non-hydrogen) atoms. The highest BCUT2D eigenvalue weighted by molar-refractivity contribution is 7.89. The first-order chi connectivity index (χ1) is 14.3. The van der Waals surface area contributed by atoms with Crippen LogP contribution in [-0.4, -0.2) is 48.4 Å². The average Bonchev–Trinajstić information content (AvgIpc) is 2.63. The van der Waals surface area contributed by atoms with Crippen LogP contribution < -0.4 is 15.2 Å². The molecule has 3 rings (SSSR count). The molecule has 2 aromatic rings. The minimum atomic E-state index is -4.85. The van der Waals surface area contributed by atoms with Crippen molar-refractivity contribution in [3.63, 3.8) is 0 Å². The number of aromatic nitrogens is 2. The highest BCUT2D eigenvalue weighted by Crippen LogP contribution is 2.37. The van der Waals surface area contributed by atoms with Crippen LogP contribution in [0.2, 0.25) is 0 Å². The van der Waals surface area contributed by atoms with Gasteiger partial charge in [0.1, 0.15) is 23.1 Å². The number of rotatable bonds is 5. The summed E-state index contributed by atoms with van der Waals surface area (Å²) in [6.45, 7) is 1.38. The summed E-state index contributed by atoms with van der Waals surface area (Å²) in [6.07, 6.45) is -5.33. The van der Waals surface area contributed by atoms with Gasteiger partial charge in [0.05, 0.1) is 23.8 Å². The Bertz CT molecular complexity index is 1080. The van der Waals surface area contributed by atoms with Gasteiger partial charge in [-0.3, -0.25) is 0 Å². The molecule has 1 aromatic carbocycles. The number of aliphatic hydroxyl groups is 1. The van der Waals surface area contributed by atoms with E-state index in [1.807, 2.05) is 0 Å². The van der Waals surface area contributed by atoms with Crippen molar-refractivity contribution in [1.29, 1.82) is 0 Å². The van der Waals surface area contributed by atoms with Gasteiger partial charge in [0.2, 0.25) is 21.9 Å². The van der Waals surface area contributed by atoms with Crippen LogP contribution >= 0.6 is 0 Å². The predicted octanol–water partition coefficient (Wildman–Crippen LogP) is 1.94. The van der Waals surface area contributed by atoms with Gasteiger partial charge in [-0.15, -0.1) is 0 Å². The molecule has 1 aromatic heterocycles. The molecule has 1 aliphatic heterocycles. The zero-order valence-electron chi connectivity index (χ0n) is 16.0. The van der Waals surface area contributed by atoms with Crippen molar-refractivity contribution in [1.82, 2.24) is 9.97 Å². The molecule has 2 heterocycles. The molecule has 9 nitrogen and oxygen atoms in total. The molecule has 0 bridgehead atoms. The first kappa shape index (κ1) is 23.1. The van der Waals surface area contributed by atoms with Crippen molar-refractivity contribution in [2.45, 2.75) is 36.1 Å². The molecule has 1 aliphatic rings. The van der Waals surface area contributed by atoms with Gasteiger partial charge in [-0.2, -0.15) is 18.2 Å². The smallest absolute Gasteiger partial charge is 0.423 e. The lowest BCUT2D eigenvalue weighted by Crippen LogP contribution is -2.51. The summed E-state index contributed by atoms with van der Waals surface area (Å²) < 4.78 is 87.4. The number of nitrogens with two attached hydrogens (primary N) is 1. The van der Waals surface area contributed by atoms with Crippen LogP contribution in [0, 0.1) is 5.82 Å². The number of nitrogens with zero attached hydrogens (tertiary/aromatic N) is 2. The molecule has 0 spiro atoms. The zero-order valence-corrected chi connectivity index (χ0v) is 16.8. The van der Waals surface area contributed by atoms with Gasteiger partial charge in [-0.1, -0.05) is 0 Å². The molecule has 4 N–H and O–H groups in total. The second-order valence-electron chi connectivity index (χ2n) is 7.03. The van der Waals surface area contributed by atoms with Crippen molar-refractivity contribution in [2.24, 2.45) is 5.14 Å². The Kier molecular flexibility index (Phi) is 6.10. The van der Waals surface area contributed by atoms with Gasteiger partial charge in [0.15, 0.2) is 0 Å². The Morgan fingerprint density at radius 2 is 2.10 bits per heavy atom. The molecule has 0 saturated carbocycles. The third-order valence-electron chi connectivity index (χ3n) is 4.44. The Morgan fingerprint density at radius 1 is 1.39 bits per heavy atom. The molecule has 0 aliphatic carbocycles. The number of hydrogen-bond acceptors (Lipinski definition) is 8. The summed E-state index contributed by atoms with van der Waals surface area (Å²) in [5, 5.41) is 17.6. The van der Waals surface area contributed by atoms with Crippen LogP contribution in [0.4, 0.5) is 29.2 Å². The molecule has 0 radical (unpaired) electrons. The number of primary sulfonamides is 1. The fourth-order valence-electron chi connectivity index (χ4n) is 2.80. The first-order valence-electron chi connectivity index (χ1n) is 8.78. The molecule has 2 atom stereocenters. The Balaban J connectivity index is 1.93. The van der Waals surface area contributed by atoms with Crippen molar-refractivity contribution < 1.29 is 40.6 Å². The highest BCUT2D eigenvalue weighted by atomic mass is 32.2. The van der Waals surface area contributed by atoms with E-state index >= 15 is 0 Å². The van der Waals surface area contributed by atoms with E-state index in [-0.39, 0.29) is 25.3 Å². The van der Waals surface area contributed by atoms with Crippen molar-refractivity contribution >= 4 is 21.7 Å². The van der Waals surface area contributed by atoms with Crippen LogP contribution in [0.3, 0.4) is 0 Å². The summed E-state index contributed by atoms with van der Waals surface area (Å²) in [5.41, 5.74) is -3.16. The van der Waals surface area contributed by atoms with E-state index in [1.54, 1.807) is 0 Å². The minimum absolute atomic E-state index is 0.112. The Labute approximate surface area is 174 Å². The maximum atomic E-state index is 14.2. The molecule has 0 amide bonds. The average molecular weight is 466 g/mol. The zero-order chi connectivity index (χ0) is 23.0. The van der Waals surface area contributed by atoms with Crippen LogP contribution in [0.15, 0.2) is 29.3 Å². The third-order valence-corrected chi connectivity index (χ3v) is 5.35. The van der Waals surface area contributed by atoms with E-state index in [0.717, 1.165) is 12.1 Å². The summed E-state index contributed by atoms with van der Waals surface area (Å²) in [7, 11) is -4.15. The number of nitrogens with one attached hydrogen (secondary N) is 1. The highest BCUT2D eigenvalue weighted by Gasteiger charge is 2.41. The lowest BCUT2D eigenvalue weighted by Gasteiger charge is -2.36. The minimum Gasteiger partial charge on any atom is -0.471 e. The molecule has 1 saturated heterocycles. The maximum absolute atomic E-state index is 14.2. The number of hydrogen-bond donors (Lipinski definition) is 3. The van der Waals surface area contributed by atoms with Gasteiger partial charge in [0, 0.05) is 12.6 Å². The lowest BCUT2D eigenvalue weighted by atomic mass is 9.95. The number of ether oxygens (including phenoxy) is 2. The van der Waals surface area contributed by atoms with Crippen molar-refractivity contribution in [3.05, 3.63) is 35.8 Å². The molecule has 1 fully saturated rings. The monoisotopic (exact) mass is 466 g/mol.